The van der Waals surface area contributed by atoms with Gasteiger partial charge in [-0.2, -0.15) is 4.98 Å². The van der Waals surface area contributed by atoms with Gasteiger partial charge in [-0.1, -0.05) is 22.9 Å². The summed E-state index contributed by atoms with van der Waals surface area (Å²) in [6, 6.07) is 4.19. The number of benzene rings is 1. The van der Waals surface area contributed by atoms with Crippen LogP contribution in [-0.2, 0) is 13.0 Å². The van der Waals surface area contributed by atoms with E-state index in [9.17, 15) is 0 Å². The number of hydrogen-bond donors (Lipinski definition) is 1. The maximum atomic E-state index is 5.78. The van der Waals surface area contributed by atoms with Gasteiger partial charge < -0.3 is 15.0 Å². The summed E-state index contributed by atoms with van der Waals surface area (Å²) in [4.78, 5) is 4.21. The second-order valence-electron chi connectivity index (χ2n) is 4.66. The summed E-state index contributed by atoms with van der Waals surface area (Å²) in [5.41, 5.74) is 8.89. The van der Waals surface area contributed by atoms with E-state index in [1.54, 1.807) is 0 Å². The fourth-order valence-corrected chi connectivity index (χ4v) is 2.10. The number of hydrogen-bond acceptors (Lipinski definition) is 5. The summed E-state index contributed by atoms with van der Waals surface area (Å²) in [5.74, 6) is 1.98. The number of aromatic nitrogens is 2. The summed E-state index contributed by atoms with van der Waals surface area (Å²) < 4.78 is 10.8. The molecule has 102 valence electrons. The van der Waals surface area contributed by atoms with Crippen LogP contribution in [0.2, 0.25) is 0 Å². The van der Waals surface area contributed by atoms with Crippen molar-refractivity contribution >= 4 is 0 Å². The normalized spacial score (nSPS) is 10.7. The highest BCUT2D eigenvalue weighted by Crippen LogP contribution is 2.25. The number of nitrogens with zero attached hydrogens (tertiary/aromatic N) is 2. The Balaban J connectivity index is 2.05. The molecule has 5 nitrogen and oxygen atoms in total. The molecule has 0 radical (unpaired) electrons. The fraction of sp³-hybridized carbons (Fsp3) is 0.429. The smallest absolute Gasteiger partial charge is 0.228 e. The van der Waals surface area contributed by atoms with E-state index in [2.05, 4.69) is 29.2 Å². The lowest BCUT2D eigenvalue weighted by Crippen LogP contribution is -2.04. The Morgan fingerprint density at radius 1 is 1.21 bits per heavy atom. The highest BCUT2D eigenvalue weighted by molar-refractivity contribution is 5.42. The molecule has 0 saturated carbocycles. The third-order valence-electron chi connectivity index (χ3n) is 2.82. The van der Waals surface area contributed by atoms with Gasteiger partial charge in [0.25, 0.3) is 0 Å². The lowest BCUT2D eigenvalue weighted by Gasteiger charge is -2.11. The molecule has 0 aliphatic heterocycles. The van der Waals surface area contributed by atoms with Gasteiger partial charge in [0, 0.05) is 13.0 Å². The summed E-state index contributed by atoms with van der Waals surface area (Å²) in [6.45, 7) is 6.94. The van der Waals surface area contributed by atoms with Gasteiger partial charge in [0.1, 0.15) is 5.75 Å². The number of rotatable bonds is 5. The second-order valence-corrected chi connectivity index (χ2v) is 4.66. The second kappa shape index (κ2) is 5.84. The molecule has 2 aromatic rings. The van der Waals surface area contributed by atoms with Crippen LogP contribution in [0, 0.1) is 20.8 Å². The first kappa shape index (κ1) is 13.5. The van der Waals surface area contributed by atoms with Crippen molar-refractivity contribution in [1.29, 1.82) is 0 Å². The Labute approximate surface area is 112 Å². The maximum absolute atomic E-state index is 5.78. The van der Waals surface area contributed by atoms with Gasteiger partial charge in [-0.25, -0.2) is 0 Å². The van der Waals surface area contributed by atoms with Crippen molar-refractivity contribution in [3.05, 3.63) is 40.5 Å². The van der Waals surface area contributed by atoms with Crippen molar-refractivity contribution in [2.45, 2.75) is 33.8 Å². The first-order chi connectivity index (χ1) is 9.10. The van der Waals surface area contributed by atoms with Gasteiger partial charge in [0.05, 0.1) is 0 Å². The summed E-state index contributed by atoms with van der Waals surface area (Å²) in [7, 11) is 0. The van der Waals surface area contributed by atoms with Crippen molar-refractivity contribution in [2.75, 3.05) is 6.54 Å². The number of ether oxygens (including phenoxy) is 1. The van der Waals surface area contributed by atoms with E-state index in [-0.39, 0.29) is 0 Å². The molecule has 1 aromatic carbocycles. The van der Waals surface area contributed by atoms with E-state index in [1.165, 1.54) is 5.56 Å². The molecule has 19 heavy (non-hydrogen) atoms. The summed E-state index contributed by atoms with van der Waals surface area (Å²) >= 11 is 0. The molecule has 0 unspecified atom stereocenters. The predicted molar refractivity (Wildman–Crippen MR) is 72.0 cm³/mol. The van der Waals surface area contributed by atoms with Gasteiger partial charge in [0.15, 0.2) is 6.61 Å². The van der Waals surface area contributed by atoms with Crippen LogP contribution in [-0.4, -0.2) is 16.7 Å². The third kappa shape index (κ3) is 3.32. The largest absolute Gasteiger partial charge is 0.485 e. The average Bonchev–Trinajstić information content (AvgIpc) is 2.76. The van der Waals surface area contributed by atoms with Crippen LogP contribution >= 0.6 is 0 Å². The number of aryl methyl sites for hydroxylation is 3. The van der Waals surface area contributed by atoms with Crippen molar-refractivity contribution in [3.63, 3.8) is 0 Å². The zero-order valence-corrected chi connectivity index (χ0v) is 11.6. The standard InChI is InChI=1S/C14H19N3O2/c1-9-6-10(2)14(11(3)7-9)18-8-12-16-13(4-5-15)19-17-12/h6-7H,4-5,8,15H2,1-3H3. The number of nitrogens with two attached hydrogens (primary N) is 1. The predicted octanol–water partition coefficient (Wildman–Crippen LogP) is 2.08. The van der Waals surface area contributed by atoms with Gasteiger partial charge in [-0.15, -0.1) is 0 Å². The van der Waals surface area contributed by atoms with Crippen LogP contribution < -0.4 is 10.5 Å². The van der Waals surface area contributed by atoms with Gasteiger partial charge in [-0.05, 0) is 31.9 Å². The summed E-state index contributed by atoms with van der Waals surface area (Å²) in [6.07, 6.45) is 0.593. The van der Waals surface area contributed by atoms with E-state index in [0.29, 0.717) is 31.3 Å². The fourth-order valence-electron chi connectivity index (χ4n) is 2.10. The topological polar surface area (TPSA) is 74.2 Å². The summed E-state index contributed by atoms with van der Waals surface area (Å²) in [5, 5.41) is 3.86. The molecule has 1 heterocycles. The molecule has 5 heteroatoms. The Hall–Kier alpha value is -1.88. The van der Waals surface area contributed by atoms with Crippen LogP contribution in [0.1, 0.15) is 28.4 Å². The van der Waals surface area contributed by atoms with Crippen LogP contribution in [0.15, 0.2) is 16.7 Å². The van der Waals surface area contributed by atoms with E-state index >= 15 is 0 Å². The minimum absolute atomic E-state index is 0.304. The molecular weight excluding hydrogens is 242 g/mol. The SMILES string of the molecule is Cc1cc(C)c(OCc2noc(CCN)n2)c(C)c1. The van der Waals surface area contributed by atoms with Crippen molar-refractivity contribution in [3.8, 4) is 5.75 Å². The zero-order valence-electron chi connectivity index (χ0n) is 11.6. The molecule has 0 saturated heterocycles. The molecule has 0 atom stereocenters. The minimum Gasteiger partial charge on any atom is -0.485 e. The molecule has 0 bridgehead atoms. The van der Waals surface area contributed by atoms with Crippen LogP contribution in [0.25, 0.3) is 0 Å². The molecule has 0 fully saturated rings. The Kier molecular flexibility index (Phi) is 4.16. The molecule has 2 N–H and O–H groups in total. The minimum atomic E-state index is 0.304. The molecule has 0 aliphatic rings. The molecule has 0 spiro atoms. The van der Waals surface area contributed by atoms with E-state index in [0.717, 1.165) is 16.9 Å². The Bertz CT molecular complexity index is 541. The lowest BCUT2D eigenvalue weighted by molar-refractivity contribution is 0.281. The zero-order chi connectivity index (χ0) is 13.8. The highest BCUT2D eigenvalue weighted by Gasteiger charge is 2.09. The van der Waals surface area contributed by atoms with E-state index in [1.807, 2.05) is 13.8 Å². The Morgan fingerprint density at radius 2 is 1.89 bits per heavy atom. The van der Waals surface area contributed by atoms with Gasteiger partial charge >= 0.3 is 0 Å². The van der Waals surface area contributed by atoms with E-state index in [4.69, 9.17) is 15.0 Å². The first-order valence-electron chi connectivity index (χ1n) is 6.32. The Morgan fingerprint density at radius 3 is 2.53 bits per heavy atom. The van der Waals surface area contributed by atoms with Crippen molar-refractivity contribution in [2.24, 2.45) is 5.73 Å². The average molecular weight is 261 g/mol. The molecule has 0 amide bonds. The molecule has 1 aromatic heterocycles. The van der Waals surface area contributed by atoms with Crippen molar-refractivity contribution < 1.29 is 9.26 Å². The molecule has 0 aliphatic carbocycles. The highest BCUT2D eigenvalue weighted by atomic mass is 16.5. The van der Waals surface area contributed by atoms with Gasteiger partial charge in [-0.3, -0.25) is 0 Å². The van der Waals surface area contributed by atoms with Crippen molar-refractivity contribution in [1.82, 2.24) is 10.1 Å². The molecule has 2 rings (SSSR count). The quantitative estimate of drug-likeness (QED) is 0.891. The van der Waals surface area contributed by atoms with Crippen LogP contribution in [0.3, 0.4) is 0 Å². The van der Waals surface area contributed by atoms with Crippen LogP contribution in [0.5, 0.6) is 5.75 Å². The van der Waals surface area contributed by atoms with E-state index < -0.39 is 0 Å². The van der Waals surface area contributed by atoms with Gasteiger partial charge in [0.2, 0.25) is 11.7 Å². The third-order valence-corrected chi connectivity index (χ3v) is 2.82. The molecular formula is C14H19N3O2. The maximum Gasteiger partial charge on any atom is 0.228 e. The van der Waals surface area contributed by atoms with Crippen LogP contribution in [0.4, 0.5) is 0 Å². The first-order valence-corrected chi connectivity index (χ1v) is 6.32. The lowest BCUT2D eigenvalue weighted by atomic mass is 10.1. The monoisotopic (exact) mass is 261 g/mol.